The molecule has 0 atom stereocenters. The minimum absolute atomic E-state index is 0.0546. The standard InChI is InChI=1S/C20H21N3O2/c1-15-8-10-17(11-9-15)20-21-18(25-22-20)12-13-19(24)23(2)14-16-6-4-3-5-7-16/h3-11H,12-14H2,1-2H3. The number of nitrogens with zero attached hydrogens (tertiary/aromatic N) is 3. The van der Waals surface area contributed by atoms with E-state index in [1.165, 1.54) is 5.56 Å². The second-order valence-corrected chi connectivity index (χ2v) is 6.11. The van der Waals surface area contributed by atoms with Gasteiger partial charge in [0.25, 0.3) is 0 Å². The number of benzene rings is 2. The molecular weight excluding hydrogens is 314 g/mol. The lowest BCUT2D eigenvalue weighted by atomic mass is 10.1. The molecule has 0 aliphatic heterocycles. The van der Waals surface area contributed by atoms with Crippen LogP contribution in [0.3, 0.4) is 0 Å². The molecule has 1 amide bonds. The fourth-order valence-corrected chi connectivity index (χ4v) is 2.53. The summed E-state index contributed by atoms with van der Waals surface area (Å²) in [6.07, 6.45) is 0.787. The number of aromatic nitrogens is 2. The second kappa shape index (κ2) is 7.75. The quantitative estimate of drug-likeness (QED) is 0.690. The van der Waals surface area contributed by atoms with Crippen LogP contribution in [0.25, 0.3) is 11.4 Å². The molecule has 0 spiro atoms. The molecule has 128 valence electrons. The van der Waals surface area contributed by atoms with Gasteiger partial charge in [0.2, 0.25) is 17.6 Å². The first kappa shape index (κ1) is 16.9. The lowest BCUT2D eigenvalue weighted by molar-refractivity contribution is -0.130. The molecule has 3 aromatic rings. The van der Waals surface area contributed by atoms with Crippen LogP contribution in [0.15, 0.2) is 59.1 Å². The Hall–Kier alpha value is -2.95. The van der Waals surface area contributed by atoms with Crippen molar-refractivity contribution in [3.05, 3.63) is 71.6 Å². The molecule has 0 N–H and O–H groups in total. The molecule has 0 radical (unpaired) electrons. The Bertz CT molecular complexity index is 826. The maximum Gasteiger partial charge on any atom is 0.227 e. The van der Waals surface area contributed by atoms with Crippen LogP contribution >= 0.6 is 0 Å². The summed E-state index contributed by atoms with van der Waals surface area (Å²) in [6, 6.07) is 17.9. The molecule has 0 unspecified atom stereocenters. The zero-order chi connectivity index (χ0) is 17.6. The second-order valence-electron chi connectivity index (χ2n) is 6.11. The van der Waals surface area contributed by atoms with Gasteiger partial charge in [-0.15, -0.1) is 0 Å². The number of hydrogen-bond donors (Lipinski definition) is 0. The van der Waals surface area contributed by atoms with Crippen molar-refractivity contribution in [2.45, 2.75) is 26.3 Å². The van der Waals surface area contributed by atoms with Crippen LogP contribution in [-0.2, 0) is 17.8 Å². The van der Waals surface area contributed by atoms with E-state index in [0.717, 1.165) is 11.1 Å². The molecule has 0 aliphatic rings. The van der Waals surface area contributed by atoms with Gasteiger partial charge in [0, 0.05) is 32.0 Å². The lowest BCUT2D eigenvalue weighted by Crippen LogP contribution is -2.26. The first-order valence-electron chi connectivity index (χ1n) is 8.29. The van der Waals surface area contributed by atoms with E-state index >= 15 is 0 Å². The molecule has 1 aromatic heterocycles. The Balaban J connectivity index is 1.54. The zero-order valence-corrected chi connectivity index (χ0v) is 14.5. The van der Waals surface area contributed by atoms with E-state index in [9.17, 15) is 4.79 Å². The molecule has 0 aliphatic carbocycles. The highest BCUT2D eigenvalue weighted by Gasteiger charge is 2.13. The first-order valence-corrected chi connectivity index (χ1v) is 8.29. The average molecular weight is 335 g/mol. The molecule has 0 saturated carbocycles. The molecule has 1 heterocycles. The van der Waals surface area contributed by atoms with Crippen LogP contribution in [0.2, 0.25) is 0 Å². The van der Waals surface area contributed by atoms with E-state index < -0.39 is 0 Å². The van der Waals surface area contributed by atoms with Crippen LogP contribution in [0.1, 0.15) is 23.4 Å². The summed E-state index contributed by atoms with van der Waals surface area (Å²) in [5, 5.41) is 4.00. The maximum atomic E-state index is 12.3. The fourth-order valence-electron chi connectivity index (χ4n) is 2.53. The highest BCUT2D eigenvalue weighted by atomic mass is 16.5. The van der Waals surface area contributed by atoms with Gasteiger partial charge in [-0.1, -0.05) is 65.3 Å². The van der Waals surface area contributed by atoms with Crippen molar-refractivity contribution in [3.8, 4) is 11.4 Å². The van der Waals surface area contributed by atoms with Gasteiger partial charge in [-0.25, -0.2) is 0 Å². The van der Waals surface area contributed by atoms with Gasteiger partial charge in [-0.3, -0.25) is 4.79 Å². The van der Waals surface area contributed by atoms with Crippen LogP contribution in [-0.4, -0.2) is 28.0 Å². The highest BCUT2D eigenvalue weighted by Crippen LogP contribution is 2.17. The molecule has 5 heteroatoms. The average Bonchev–Trinajstić information content (AvgIpc) is 3.10. The Labute approximate surface area is 147 Å². The topological polar surface area (TPSA) is 59.2 Å². The Morgan fingerprint density at radius 3 is 2.52 bits per heavy atom. The number of hydrogen-bond acceptors (Lipinski definition) is 4. The number of rotatable bonds is 6. The number of aryl methyl sites for hydroxylation is 2. The summed E-state index contributed by atoms with van der Waals surface area (Å²) in [7, 11) is 1.81. The van der Waals surface area contributed by atoms with Gasteiger partial charge in [0.05, 0.1) is 0 Å². The minimum Gasteiger partial charge on any atom is -0.341 e. The highest BCUT2D eigenvalue weighted by molar-refractivity contribution is 5.76. The lowest BCUT2D eigenvalue weighted by Gasteiger charge is -2.16. The van der Waals surface area contributed by atoms with Gasteiger partial charge in [-0.2, -0.15) is 4.98 Å². The third-order valence-electron chi connectivity index (χ3n) is 4.02. The Kier molecular flexibility index (Phi) is 5.23. The van der Waals surface area contributed by atoms with Crippen molar-refractivity contribution < 1.29 is 9.32 Å². The van der Waals surface area contributed by atoms with Gasteiger partial charge >= 0.3 is 0 Å². The Morgan fingerprint density at radius 2 is 1.80 bits per heavy atom. The largest absolute Gasteiger partial charge is 0.341 e. The summed E-state index contributed by atoms with van der Waals surface area (Å²) in [5.41, 5.74) is 3.20. The molecule has 0 saturated heterocycles. The third kappa shape index (κ3) is 4.53. The van der Waals surface area contributed by atoms with Crippen LogP contribution < -0.4 is 0 Å². The van der Waals surface area contributed by atoms with Crippen LogP contribution in [0.5, 0.6) is 0 Å². The molecule has 25 heavy (non-hydrogen) atoms. The van der Waals surface area contributed by atoms with Gasteiger partial charge in [0.15, 0.2) is 0 Å². The first-order chi connectivity index (χ1) is 12.1. The summed E-state index contributed by atoms with van der Waals surface area (Å²) in [4.78, 5) is 18.4. The fraction of sp³-hybridized carbons (Fsp3) is 0.250. The van der Waals surface area contributed by atoms with Gasteiger partial charge in [0.1, 0.15) is 0 Å². The third-order valence-corrected chi connectivity index (χ3v) is 4.02. The van der Waals surface area contributed by atoms with E-state index in [0.29, 0.717) is 31.1 Å². The monoisotopic (exact) mass is 335 g/mol. The SMILES string of the molecule is Cc1ccc(-c2noc(CCC(=O)N(C)Cc3ccccc3)n2)cc1. The summed E-state index contributed by atoms with van der Waals surface area (Å²) in [6.45, 7) is 2.63. The van der Waals surface area contributed by atoms with Crippen molar-refractivity contribution in [3.63, 3.8) is 0 Å². The van der Waals surface area contributed by atoms with Gasteiger partial charge < -0.3 is 9.42 Å². The summed E-state index contributed by atoms with van der Waals surface area (Å²) >= 11 is 0. The van der Waals surface area contributed by atoms with E-state index in [4.69, 9.17) is 4.52 Å². The molecular formula is C20H21N3O2. The minimum atomic E-state index is 0.0546. The molecule has 2 aromatic carbocycles. The van der Waals surface area contributed by atoms with Crippen molar-refractivity contribution in [1.82, 2.24) is 15.0 Å². The molecule has 3 rings (SSSR count). The Morgan fingerprint density at radius 1 is 1.08 bits per heavy atom. The smallest absolute Gasteiger partial charge is 0.227 e. The van der Waals surface area contributed by atoms with E-state index in [-0.39, 0.29) is 5.91 Å². The van der Waals surface area contributed by atoms with Crippen molar-refractivity contribution in [1.29, 1.82) is 0 Å². The number of carbonyl (C=O) groups is 1. The summed E-state index contributed by atoms with van der Waals surface area (Å²) < 4.78 is 5.27. The molecule has 0 bridgehead atoms. The normalized spacial score (nSPS) is 10.6. The maximum absolute atomic E-state index is 12.3. The van der Waals surface area contributed by atoms with E-state index in [1.807, 2.05) is 61.5 Å². The van der Waals surface area contributed by atoms with Crippen molar-refractivity contribution in [2.24, 2.45) is 0 Å². The van der Waals surface area contributed by atoms with Crippen molar-refractivity contribution >= 4 is 5.91 Å². The van der Waals surface area contributed by atoms with Crippen LogP contribution in [0, 0.1) is 6.92 Å². The van der Waals surface area contributed by atoms with Crippen LogP contribution in [0.4, 0.5) is 0 Å². The molecule has 0 fully saturated rings. The van der Waals surface area contributed by atoms with E-state index in [1.54, 1.807) is 11.9 Å². The van der Waals surface area contributed by atoms with E-state index in [2.05, 4.69) is 10.1 Å². The molecule has 5 nitrogen and oxygen atoms in total. The summed E-state index contributed by atoms with van der Waals surface area (Å²) in [5.74, 6) is 1.09. The predicted molar refractivity (Wildman–Crippen MR) is 95.7 cm³/mol. The number of amides is 1. The van der Waals surface area contributed by atoms with Gasteiger partial charge in [-0.05, 0) is 12.5 Å². The van der Waals surface area contributed by atoms with Crippen molar-refractivity contribution in [2.75, 3.05) is 7.05 Å². The zero-order valence-electron chi connectivity index (χ0n) is 14.5. The predicted octanol–water partition coefficient (Wildman–Crippen LogP) is 3.64. The number of carbonyl (C=O) groups excluding carboxylic acids is 1.